The lowest BCUT2D eigenvalue weighted by Crippen LogP contribution is -2.14. The van der Waals surface area contributed by atoms with Gasteiger partial charge in [-0.05, 0) is 47.7 Å². The summed E-state index contributed by atoms with van der Waals surface area (Å²) in [4.78, 5) is -0.219. The van der Waals surface area contributed by atoms with Gasteiger partial charge in [-0.2, -0.15) is 0 Å². The summed E-state index contributed by atoms with van der Waals surface area (Å²) < 4.78 is 53.3. The molecule has 2 aromatic rings. The van der Waals surface area contributed by atoms with Gasteiger partial charge in [-0.15, -0.1) is 0 Å². The Morgan fingerprint density at radius 2 is 1.46 bits per heavy atom. The fourth-order valence-corrected chi connectivity index (χ4v) is 3.94. The van der Waals surface area contributed by atoms with Crippen molar-refractivity contribution in [3.05, 3.63) is 48.0 Å². The van der Waals surface area contributed by atoms with Crippen molar-refractivity contribution in [2.75, 3.05) is 12.5 Å². The standard InChI is InChI=1S/C19H24O5S2/c1-6-19(2,3)14-7-9-15(10-8-14)24-17-12-11-16(25(4,20)21)13-18(17)26(5,22)23/h7-13H,6H2,1-5H3. The Labute approximate surface area is 155 Å². The maximum Gasteiger partial charge on any atom is 0.179 e. The van der Waals surface area contributed by atoms with E-state index in [0.717, 1.165) is 30.6 Å². The zero-order valence-electron chi connectivity index (χ0n) is 15.6. The molecule has 0 saturated heterocycles. The molecule has 26 heavy (non-hydrogen) atoms. The first-order valence-electron chi connectivity index (χ1n) is 8.17. The van der Waals surface area contributed by atoms with Crippen LogP contribution in [0.15, 0.2) is 52.3 Å². The molecule has 0 fully saturated rings. The van der Waals surface area contributed by atoms with Crippen LogP contribution in [-0.2, 0) is 25.1 Å². The van der Waals surface area contributed by atoms with Gasteiger partial charge >= 0.3 is 0 Å². The maximum absolute atomic E-state index is 12.1. The van der Waals surface area contributed by atoms with E-state index < -0.39 is 19.7 Å². The summed E-state index contributed by atoms with van der Waals surface area (Å²) in [6.07, 6.45) is 3.04. The van der Waals surface area contributed by atoms with Crippen LogP contribution in [0.5, 0.6) is 11.5 Å². The van der Waals surface area contributed by atoms with Gasteiger partial charge in [0.1, 0.15) is 16.4 Å². The predicted molar refractivity (Wildman–Crippen MR) is 102 cm³/mol. The molecule has 0 saturated carbocycles. The Bertz CT molecular complexity index is 1000. The van der Waals surface area contributed by atoms with Crippen molar-refractivity contribution in [1.29, 1.82) is 0 Å². The van der Waals surface area contributed by atoms with Crippen molar-refractivity contribution in [3.8, 4) is 11.5 Å². The highest BCUT2D eigenvalue weighted by Crippen LogP contribution is 2.33. The lowest BCUT2D eigenvalue weighted by Gasteiger charge is -2.23. The number of sulfone groups is 2. The van der Waals surface area contributed by atoms with Crippen molar-refractivity contribution in [2.45, 2.75) is 42.4 Å². The minimum atomic E-state index is -3.66. The van der Waals surface area contributed by atoms with Gasteiger partial charge in [0, 0.05) is 12.5 Å². The van der Waals surface area contributed by atoms with Crippen LogP contribution >= 0.6 is 0 Å². The molecule has 0 radical (unpaired) electrons. The molecular formula is C19H24O5S2. The molecular weight excluding hydrogens is 372 g/mol. The van der Waals surface area contributed by atoms with Gasteiger partial charge in [-0.3, -0.25) is 0 Å². The van der Waals surface area contributed by atoms with Gasteiger partial charge in [0.15, 0.2) is 19.7 Å². The molecule has 142 valence electrons. The van der Waals surface area contributed by atoms with Crippen LogP contribution in [0.25, 0.3) is 0 Å². The zero-order chi connectivity index (χ0) is 19.8. The number of rotatable bonds is 6. The largest absolute Gasteiger partial charge is 0.456 e. The van der Waals surface area contributed by atoms with E-state index in [1.165, 1.54) is 12.1 Å². The smallest absolute Gasteiger partial charge is 0.179 e. The summed E-state index contributed by atoms with van der Waals surface area (Å²) >= 11 is 0. The highest BCUT2D eigenvalue weighted by atomic mass is 32.2. The first-order valence-corrected chi connectivity index (χ1v) is 12.0. The van der Waals surface area contributed by atoms with Crippen LogP contribution in [0.2, 0.25) is 0 Å². The number of benzene rings is 2. The van der Waals surface area contributed by atoms with Crippen LogP contribution in [-0.4, -0.2) is 29.3 Å². The first kappa shape index (κ1) is 20.5. The number of ether oxygens (including phenoxy) is 1. The molecule has 0 aromatic heterocycles. The van der Waals surface area contributed by atoms with E-state index in [-0.39, 0.29) is 21.0 Å². The SMILES string of the molecule is CCC(C)(C)c1ccc(Oc2ccc(S(C)(=O)=O)cc2S(C)(=O)=O)cc1. The predicted octanol–water partition coefficient (Wildman–Crippen LogP) is 3.97. The molecule has 0 atom stereocenters. The molecule has 2 aromatic carbocycles. The number of hydrogen-bond donors (Lipinski definition) is 0. The normalized spacial score (nSPS) is 12.8. The summed E-state index contributed by atoms with van der Waals surface area (Å²) in [6, 6.07) is 11.3. The molecule has 0 aliphatic rings. The Morgan fingerprint density at radius 3 is 1.92 bits per heavy atom. The van der Waals surface area contributed by atoms with Crippen molar-refractivity contribution < 1.29 is 21.6 Å². The van der Waals surface area contributed by atoms with E-state index in [4.69, 9.17) is 4.74 Å². The summed E-state index contributed by atoms with van der Waals surface area (Å²) in [5.74, 6) is 0.583. The zero-order valence-corrected chi connectivity index (χ0v) is 17.2. The Balaban J connectivity index is 2.44. The summed E-state index contributed by atoms with van der Waals surface area (Å²) in [5, 5.41) is 0. The highest BCUT2D eigenvalue weighted by Gasteiger charge is 2.20. The molecule has 0 bridgehead atoms. The minimum Gasteiger partial charge on any atom is -0.456 e. The van der Waals surface area contributed by atoms with E-state index in [1.54, 1.807) is 12.1 Å². The van der Waals surface area contributed by atoms with E-state index in [1.807, 2.05) is 12.1 Å². The fraction of sp³-hybridized carbons (Fsp3) is 0.368. The Kier molecular flexibility index (Phi) is 5.54. The molecule has 2 rings (SSSR count). The molecule has 5 nitrogen and oxygen atoms in total. The minimum absolute atomic E-state index is 0.0353. The quantitative estimate of drug-likeness (QED) is 0.738. The van der Waals surface area contributed by atoms with Gasteiger partial charge in [0.05, 0.1) is 4.90 Å². The van der Waals surface area contributed by atoms with E-state index in [0.29, 0.717) is 5.75 Å². The van der Waals surface area contributed by atoms with Crippen molar-refractivity contribution in [2.24, 2.45) is 0 Å². The second kappa shape index (κ2) is 7.04. The lowest BCUT2D eigenvalue weighted by atomic mass is 9.82. The van der Waals surface area contributed by atoms with Gasteiger partial charge in [-0.25, -0.2) is 16.8 Å². The number of hydrogen-bond acceptors (Lipinski definition) is 5. The van der Waals surface area contributed by atoms with Gasteiger partial charge < -0.3 is 4.74 Å². The average molecular weight is 397 g/mol. The summed E-state index contributed by atoms with van der Waals surface area (Å²) in [6.45, 7) is 6.41. The van der Waals surface area contributed by atoms with Gasteiger partial charge in [0.25, 0.3) is 0 Å². The molecule has 0 aliphatic heterocycles. The molecule has 7 heteroatoms. The van der Waals surface area contributed by atoms with Crippen LogP contribution in [0.4, 0.5) is 0 Å². The second-order valence-corrected chi connectivity index (χ2v) is 11.0. The molecule has 0 amide bonds. The van der Waals surface area contributed by atoms with Crippen molar-refractivity contribution in [3.63, 3.8) is 0 Å². The maximum atomic E-state index is 12.1. The first-order chi connectivity index (χ1) is 11.8. The fourth-order valence-electron chi connectivity index (χ4n) is 2.40. The Hall–Kier alpha value is -1.86. The molecule has 0 heterocycles. The third-order valence-electron chi connectivity index (χ3n) is 4.49. The van der Waals surface area contributed by atoms with Crippen molar-refractivity contribution >= 4 is 19.7 Å². The van der Waals surface area contributed by atoms with Gasteiger partial charge in [-0.1, -0.05) is 32.9 Å². The van der Waals surface area contributed by atoms with E-state index in [2.05, 4.69) is 20.8 Å². The van der Waals surface area contributed by atoms with E-state index >= 15 is 0 Å². The van der Waals surface area contributed by atoms with Crippen molar-refractivity contribution in [1.82, 2.24) is 0 Å². The topological polar surface area (TPSA) is 77.5 Å². The third kappa shape index (κ3) is 4.65. The molecule has 0 aliphatic carbocycles. The van der Waals surface area contributed by atoms with Crippen LogP contribution < -0.4 is 4.74 Å². The van der Waals surface area contributed by atoms with E-state index in [9.17, 15) is 16.8 Å². The van der Waals surface area contributed by atoms with Crippen LogP contribution in [0, 0.1) is 0 Å². The molecule has 0 unspecified atom stereocenters. The average Bonchev–Trinajstić information content (AvgIpc) is 2.53. The second-order valence-electron chi connectivity index (χ2n) is 7.02. The summed E-state index contributed by atoms with van der Waals surface area (Å²) in [7, 11) is -7.18. The highest BCUT2D eigenvalue weighted by molar-refractivity contribution is 7.91. The summed E-state index contributed by atoms with van der Waals surface area (Å²) in [5.41, 5.74) is 1.19. The Morgan fingerprint density at radius 1 is 0.885 bits per heavy atom. The monoisotopic (exact) mass is 396 g/mol. The molecule has 0 N–H and O–H groups in total. The lowest BCUT2D eigenvalue weighted by molar-refractivity contribution is 0.464. The molecule has 0 spiro atoms. The van der Waals surface area contributed by atoms with Crippen LogP contribution in [0.1, 0.15) is 32.8 Å². The third-order valence-corrected chi connectivity index (χ3v) is 6.72. The van der Waals surface area contributed by atoms with Gasteiger partial charge in [0.2, 0.25) is 0 Å². The van der Waals surface area contributed by atoms with Crippen LogP contribution in [0.3, 0.4) is 0 Å².